The van der Waals surface area contributed by atoms with E-state index in [2.05, 4.69) is 9.44 Å². The van der Waals surface area contributed by atoms with Crippen LogP contribution in [0.25, 0.3) is 0 Å². The van der Waals surface area contributed by atoms with E-state index in [-0.39, 0.29) is 16.5 Å². The summed E-state index contributed by atoms with van der Waals surface area (Å²) in [5.74, 6) is 0.0299. The molecule has 1 aliphatic rings. The first-order valence-electron chi connectivity index (χ1n) is 8.02. The monoisotopic (exact) mass is 395 g/mol. The largest absolute Gasteiger partial charge is 0.329 e. The van der Waals surface area contributed by atoms with Gasteiger partial charge in [-0.25, -0.2) is 26.3 Å². The van der Waals surface area contributed by atoms with Crippen LogP contribution in [-0.2, 0) is 26.5 Å². The second-order valence-electron chi connectivity index (χ2n) is 6.07. The second kappa shape index (κ2) is 7.79. The molecule has 24 heavy (non-hydrogen) atoms. The maximum absolute atomic E-state index is 12.6. The summed E-state index contributed by atoms with van der Waals surface area (Å²) in [4.78, 5) is 0.822. The van der Waals surface area contributed by atoms with Crippen LogP contribution >= 0.6 is 11.3 Å². The van der Waals surface area contributed by atoms with Crippen LogP contribution in [-0.4, -0.2) is 41.2 Å². The number of hydrogen-bond acceptors (Lipinski definition) is 6. The van der Waals surface area contributed by atoms with Crippen molar-refractivity contribution in [3.63, 3.8) is 0 Å². The van der Waals surface area contributed by atoms with Crippen molar-refractivity contribution < 1.29 is 16.8 Å². The first-order chi connectivity index (χ1) is 11.2. The Morgan fingerprint density at radius 1 is 1.21 bits per heavy atom. The lowest BCUT2D eigenvalue weighted by Gasteiger charge is -2.27. The fourth-order valence-corrected chi connectivity index (χ4v) is 6.25. The summed E-state index contributed by atoms with van der Waals surface area (Å²) in [5, 5.41) is 0. The molecule has 0 spiro atoms. The van der Waals surface area contributed by atoms with Crippen molar-refractivity contribution >= 4 is 31.4 Å². The van der Waals surface area contributed by atoms with Crippen LogP contribution in [0, 0.1) is 0 Å². The van der Waals surface area contributed by atoms with E-state index in [0.717, 1.165) is 41.9 Å². The highest BCUT2D eigenvalue weighted by atomic mass is 32.2. The Balaban J connectivity index is 2.01. The van der Waals surface area contributed by atoms with Gasteiger partial charge in [0.15, 0.2) is 0 Å². The number of nitrogens with one attached hydrogen (secondary N) is 2. The van der Waals surface area contributed by atoms with Gasteiger partial charge in [0, 0.05) is 23.5 Å². The fraction of sp³-hybridized carbons (Fsp3) is 0.714. The summed E-state index contributed by atoms with van der Waals surface area (Å²) in [6.07, 6.45) is 3.95. The number of hydrogen-bond donors (Lipinski definition) is 3. The zero-order chi connectivity index (χ0) is 17.8. The normalized spacial score (nSPS) is 18.1. The van der Waals surface area contributed by atoms with Gasteiger partial charge in [-0.15, -0.1) is 11.3 Å². The van der Waals surface area contributed by atoms with Crippen molar-refractivity contribution in [1.29, 1.82) is 0 Å². The number of thiophene rings is 1. The van der Waals surface area contributed by atoms with Crippen LogP contribution in [0.15, 0.2) is 16.3 Å². The molecule has 1 heterocycles. The van der Waals surface area contributed by atoms with E-state index in [0.29, 0.717) is 13.0 Å². The number of sulfonamides is 2. The predicted octanol–water partition coefficient (Wildman–Crippen LogP) is 0.780. The predicted molar refractivity (Wildman–Crippen MR) is 96.1 cm³/mol. The van der Waals surface area contributed by atoms with Gasteiger partial charge in [-0.3, -0.25) is 0 Å². The molecule has 1 saturated carbocycles. The van der Waals surface area contributed by atoms with Crippen molar-refractivity contribution in [3.8, 4) is 0 Å². The Bertz CT molecular complexity index is 750. The van der Waals surface area contributed by atoms with E-state index in [9.17, 15) is 16.8 Å². The van der Waals surface area contributed by atoms with Crippen LogP contribution in [0.5, 0.6) is 0 Å². The van der Waals surface area contributed by atoms with Gasteiger partial charge in [0.05, 0.1) is 5.75 Å². The molecule has 7 nitrogen and oxygen atoms in total. The molecule has 0 aromatic carbocycles. The molecule has 1 aromatic rings. The molecule has 2 rings (SSSR count). The molecule has 0 amide bonds. The molecule has 138 valence electrons. The lowest BCUT2D eigenvalue weighted by atomic mass is 10.0. The van der Waals surface area contributed by atoms with Crippen LogP contribution in [0.3, 0.4) is 0 Å². The molecule has 0 saturated heterocycles. The minimum Gasteiger partial charge on any atom is -0.329 e. The highest BCUT2D eigenvalue weighted by Gasteiger charge is 2.37. The standard InChI is InChI=1S/C14H25N3O4S3/c1-2-23(18,19)16-10-7-12-5-6-13(22-12)24(20,21)17-14(11-15)8-3-4-9-14/h5-6,16-17H,2-4,7-11,15H2,1H3. The molecule has 0 bridgehead atoms. The summed E-state index contributed by atoms with van der Waals surface area (Å²) in [6, 6.07) is 3.29. The van der Waals surface area contributed by atoms with Crippen molar-refractivity contribution in [1.82, 2.24) is 9.44 Å². The van der Waals surface area contributed by atoms with Crippen LogP contribution in [0.2, 0.25) is 0 Å². The van der Waals surface area contributed by atoms with Crippen LogP contribution in [0.4, 0.5) is 0 Å². The van der Waals surface area contributed by atoms with Gasteiger partial charge in [-0.05, 0) is 38.3 Å². The molecule has 0 aliphatic heterocycles. The minimum absolute atomic E-state index is 0.0299. The van der Waals surface area contributed by atoms with Crippen molar-refractivity contribution in [2.75, 3.05) is 18.8 Å². The van der Waals surface area contributed by atoms with E-state index in [4.69, 9.17) is 5.73 Å². The maximum atomic E-state index is 12.6. The highest BCUT2D eigenvalue weighted by Crippen LogP contribution is 2.31. The van der Waals surface area contributed by atoms with Crippen molar-refractivity contribution in [3.05, 3.63) is 17.0 Å². The summed E-state index contributed by atoms with van der Waals surface area (Å²) < 4.78 is 53.4. The third-order valence-electron chi connectivity index (χ3n) is 4.28. The molecular formula is C14H25N3O4S3. The Labute approximate surface area is 148 Å². The molecule has 0 atom stereocenters. The molecule has 1 fully saturated rings. The van der Waals surface area contributed by atoms with E-state index < -0.39 is 25.6 Å². The minimum atomic E-state index is -3.60. The Kier molecular flexibility index (Phi) is 6.43. The average molecular weight is 396 g/mol. The van der Waals surface area contributed by atoms with Crippen LogP contribution < -0.4 is 15.2 Å². The molecular weight excluding hydrogens is 370 g/mol. The first kappa shape index (κ1) is 19.8. The summed E-state index contributed by atoms with van der Waals surface area (Å²) in [5.41, 5.74) is 5.26. The van der Waals surface area contributed by atoms with Gasteiger partial charge in [-0.1, -0.05) is 12.8 Å². The molecule has 1 aliphatic carbocycles. The average Bonchev–Trinajstić information content (AvgIpc) is 3.17. The SMILES string of the molecule is CCS(=O)(=O)NCCc1ccc(S(=O)(=O)NC2(CN)CCCC2)s1. The number of nitrogens with two attached hydrogens (primary N) is 1. The smallest absolute Gasteiger partial charge is 0.250 e. The first-order valence-corrected chi connectivity index (χ1v) is 12.0. The Morgan fingerprint density at radius 2 is 1.88 bits per heavy atom. The zero-order valence-corrected chi connectivity index (χ0v) is 16.2. The summed E-state index contributed by atoms with van der Waals surface area (Å²) in [7, 11) is -6.83. The molecule has 10 heteroatoms. The van der Waals surface area contributed by atoms with E-state index >= 15 is 0 Å². The summed E-state index contributed by atoms with van der Waals surface area (Å²) >= 11 is 1.16. The second-order valence-corrected chi connectivity index (χ2v) is 11.2. The van der Waals surface area contributed by atoms with Gasteiger partial charge in [0.25, 0.3) is 10.0 Å². The van der Waals surface area contributed by atoms with Gasteiger partial charge < -0.3 is 5.73 Å². The van der Waals surface area contributed by atoms with E-state index in [1.807, 2.05) is 0 Å². The number of rotatable bonds is 9. The van der Waals surface area contributed by atoms with Crippen molar-refractivity contribution in [2.24, 2.45) is 5.73 Å². The molecule has 1 aromatic heterocycles. The lowest BCUT2D eigenvalue weighted by Crippen LogP contribution is -2.51. The lowest BCUT2D eigenvalue weighted by molar-refractivity contribution is 0.400. The van der Waals surface area contributed by atoms with Crippen LogP contribution in [0.1, 0.15) is 37.5 Å². The van der Waals surface area contributed by atoms with Gasteiger partial charge in [0.2, 0.25) is 10.0 Å². The van der Waals surface area contributed by atoms with Gasteiger partial charge in [0.1, 0.15) is 4.21 Å². The van der Waals surface area contributed by atoms with Gasteiger partial charge in [-0.2, -0.15) is 0 Å². The van der Waals surface area contributed by atoms with E-state index in [1.54, 1.807) is 19.1 Å². The Hall–Kier alpha value is -0.520. The molecule has 0 radical (unpaired) electrons. The molecule has 0 unspecified atom stereocenters. The van der Waals surface area contributed by atoms with Gasteiger partial charge >= 0.3 is 0 Å². The third kappa shape index (κ3) is 4.99. The van der Waals surface area contributed by atoms with Crippen molar-refractivity contribution in [2.45, 2.75) is 48.8 Å². The highest BCUT2D eigenvalue weighted by molar-refractivity contribution is 7.91. The fourth-order valence-electron chi connectivity index (χ4n) is 2.80. The quantitative estimate of drug-likeness (QED) is 0.571. The van der Waals surface area contributed by atoms with E-state index in [1.165, 1.54) is 0 Å². The summed E-state index contributed by atoms with van der Waals surface area (Å²) in [6.45, 7) is 2.12. The Morgan fingerprint density at radius 3 is 2.46 bits per heavy atom. The maximum Gasteiger partial charge on any atom is 0.250 e. The topological polar surface area (TPSA) is 118 Å². The zero-order valence-electron chi connectivity index (χ0n) is 13.7. The third-order valence-corrected chi connectivity index (χ3v) is 8.90. The molecule has 4 N–H and O–H groups in total.